The molecule has 1 aromatic rings. The molecule has 2 rings (SSSR count). The normalized spacial score (nSPS) is 19.2. The molecule has 3 heteroatoms. The number of pyridine rings is 1. The van der Waals surface area contributed by atoms with Gasteiger partial charge in [-0.15, -0.1) is 0 Å². The quantitative estimate of drug-likeness (QED) is 0.718. The molecule has 1 aromatic heterocycles. The third-order valence-electron chi connectivity index (χ3n) is 2.52. The lowest BCUT2D eigenvalue weighted by atomic mass is 10.1. The monoisotopic (exact) mass is 166 g/mol. The first-order valence-corrected chi connectivity index (χ1v) is 4.07. The third kappa shape index (κ3) is 1.01. The van der Waals surface area contributed by atoms with Crippen molar-refractivity contribution in [2.45, 2.75) is 18.4 Å². The molecular weight excluding hydrogens is 155 g/mol. The number of hydrogen-bond donors (Lipinski definition) is 1. The van der Waals surface area contributed by atoms with Crippen molar-refractivity contribution < 1.29 is 4.39 Å². The van der Waals surface area contributed by atoms with Crippen LogP contribution in [0, 0.1) is 5.82 Å². The summed E-state index contributed by atoms with van der Waals surface area (Å²) in [5.41, 5.74) is 0.660. The highest BCUT2D eigenvalue weighted by molar-refractivity contribution is 5.29. The highest BCUT2D eigenvalue weighted by atomic mass is 19.1. The third-order valence-corrected chi connectivity index (χ3v) is 2.52. The van der Waals surface area contributed by atoms with E-state index in [0.717, 1.165) is 18.4 Å². The molecule has 0 bridgehead atoms. The van der Waals surface area contributed by atoms with Gasteiger partial charge in [-0.25, -0.2) is 4.39 Å². The molecule has 1 fully saturated rings. The average Bonchev–Trinajstić information content (AvgIpc) is 2.86. The number of nitrogens with one attached hydrogen (secondary N) is 1. The summed E-state index contributed by atoms with van der Waals surface area (Å²) in [7, 11) is 1.87. The fourth-order valence-corrected chi connectivity index (χ4v) is 1.54. The van der Waals surface area contributed by atoms with Crippen molar-refractivity contribution in [1.29, 1.82) is 0 Å². The van der Waals surface area contributed by atoms with E-state index in [0.29, 0.717) is 0 Å². The molecule has 1 heterocycles. The highest BCUT2D eigenvalue weighted by Crippen LogP contribution is 2.45. The van der Waals surface area contributed by atoms with E-state index >= 15 is 0 Å². The first-order chi connectivity index (χ1) is 5.78. The van der Waals surface area contributed by atoms with Crippen LogP contribution in [-0.4, -0.2) is 12.0 Å². The molecule has 0 amide bonds. The Morgan fingerprint density at radius 3 is 2.83 bits per heavy atom. The average molecular weight is 166 g/mol. The zero-order valence-corrected chi connectivity index (χ0v) is 6.97. The molecule has 0 atom stereocenters. The molecule has 1 aliphatic rings. The lowest BCUT2D eigenvalue weighted by Crippen LogP contribution is -2.25. The summed E-state index contributed by atoms with van der Waals surface area (Å²) < 4.78 is 13.2. The molecule has 1 N–H and O–H groups in total. The van der Waals surface area contributed by atoms with Crippen molar-refractivity contribution in [3.05, 3.63) is 29.8 Å². The van der Waals surface area contributed by atoms with Crippen LogP contribution in [0.25, 0.3) is 0 Å². The molecule has 0 radical (unpaired) electrons. The van der Waals surface area contributed by atoms with Crippen LogP contribution in [-0.2, 0) is 5.54 Å². The summed E-state index contributed by atoms with van der Waals surface area (Å²) in [6.45, 7) is 0. The maximum absolute atomic E-state index is 13.2. The van der Waals surface area contributed by atoms with Crippen LogP contribution in [0.2, 0.25) is 0 Å². The van der Waals surface area contributed by atoms with Crippen molar-refractivity contribution in [2.75, 3.05) is 7.05 Å². The Balaban J connectivity index is 2.40. The van der Waals surface area contributed by atoms with E-state index in [9.17, 15) is 4.39 Å². The smallest absolute Gasteiger partial charge is 0.146 e. The Morgan fingerprint density at radius 2 is 2.33 bits per heavy atom. The summed E-state index contributed by atoms with van der Waals surface area (Å²) in [6, 6.07) is 1.75. The highest BCUT2D eigenvalue weighted by Gasteiger charge is 2.44. The first-order valence-electron chi connectivity index (χ1n) is 4.07. The van der Waals surface area contributed by atoms with Gasteiger partial charge >= 0.3 is 0 Å². The SMILES string of the molecule is CNC1(c2ccncc2F)CC1. The second kappa shape index (κ2) is 2.52. The van der Waals surface area contributed by atoms with Gasteiger partial charge in [-0.05, 0) is 26.0 Å². The van der Waals surface area contributed by atoms with Crippen LogP contribution < -0.4 is 5.32 Å². The van der Waals surface area contributed by atoms with Crippen LogP contribution in [0.5, 0.6) is 0 Å². The van der Waals surface area contributed by atoms with Crippen molar-refractivity contribution in [1.82, 2.24) is 10.3 Å². The molecule has 12 heavy (non-hydrogen) atoms. The van der Waals surface area contributed by atoms with Gasteiger partial charge in [0.1, 0.15) is 5.82 Å². The predicted octanol–water partition coefficient (Wildman–Crippen LogP) is 1.43. The fraction of sp³-hybridized carbons (Fsp3) is 0.444. The molecule has 0 spiro atoms. The van der Waals surface area contributed by atoms with E-state index in [4.69, 9.17) is 0 Å². The van der Waals surface area contributed by atoms with Crippen LogP contribution in [0.1, 0.15) is 18.4 Å². The van der Waals surface area contributed by atoms with Gasteiger partial charge in [-0.1, -0.05) is 0 Å². The summed E-state index contributed by atoms with van der Waals surface area (Å²) in [5.74, 6) is -0.204. The van der Waals surface area contributed by atoms with Gasteiger partial charge in [0.25, 0.3) is 0 Å². The summed E-state index contributed by atoms with van der Waals surface area (Å²) in [4.78, 5) is 3.72. The van der Waals surface area contributed by atoms with Gasteiger partial charge in [0, 0.05) is 17.3 Å². The Bertz CT molecular complexity index is 294. The fourth-order valence-electron chi connectivity index (χ4n) is 1.54. The molecule has 0 saturated heterocycles. The van der Waals surface area contributed by atoms with Gasteiger partial charge in [0.05, 0.1) is 6.20 Å². The van der Waals surface area contributed by atoms with Crippen molar-refractivity contribution in [3.63, 3.8) is 0 Å². The second-order valence-electron chi connectivity index (χ2n) is 3.19. The van der Waals surface area contributed by atoms with Crippen LogP contribution in [0.3, 0.4) is 0 Å². The molecule has 64 valence electrons. The van der Waals surface area contributed by atoms with E-state index < -0.39 is 0 Å². The second-order valence-corrected chi connectivity index (χ2v) is 3.19. The minimum atomic E-state index is -0.204. The zero-order valence-electron chi connectivity index (χ0n) is 6.97. The Labute approximate surface area is 70.8 Å². The number of hydrogen-bond acceptors (Lipinski definition) is 2. The molecule has 2 nitrogen and oxygen atoms in total. The van der Waals surface area contributed by atoms with Crippen molar-refractivity contribution >= 4 is 0 Å². The maximum Gasteiger partial charge on any atom is 0.146 e. The molecule has 0 aromatic carbocycles. The molecular formula is C9H11FN2. The van der Waals surface area contributed by atoms with Crippen LogP contribution in [0.15, 0.2) is 18.5 Å². The standard InChI is InChI=1S/C9H11FN2/c1-11-9(3-4-9)7-2-5-12-6-8(7)10/h2,5-6,11H,3-4H2,1H3. The van der Waals surface area contributed by atoms with Gasteiger partial charge in [0.2, 0.25) is 0 Å². The summed E-state index contributed by atoms with van der Waals surface area (Å²) in [6.07, 6.45) is 4.94. The van der Waals surface area contributed by atoms with Gasteiger partial charge in [-0.2, -0.15) is 0 Å². The van der Waals surface area contributed by atoms with Gasteiger partial charge in [-0.3, -0.25) is 4.98 Å². The molecule has 1 saturated carbocycles. The minimum absolute atomic E-state index is 0.0903. The lowest BCUT2D eigenvalue weighted by Gasteiger charge is -2.14. The zero-order chi connectivity index (χ0) is 8.60. The summed E-state index contributed by atoms with van der Waals surface area (Å²) >= 11 is 0. The van der Waals surface area contributed by atoms with E-state index in [-0.39, 0.29) is 11.4 Å². The number of halogens is 1. The van der Waals surface area contributed by atoms with E-state index in [2.05, 4.69) is 10.3 Å². The molecule has 1 aliphatic carbocycles. The Morgan fingerprint density at radius 1 is 1.58 bits per heavy atom. The van der Waals surface area contributed by atoms with Crippen LogP contribution in [0.4, 0.5) is 4.39 Å². The number of aromatic nitrogens is 1. The van der Waals surface area contributed by atoms with Crippen molar-refractivity contribution in [3.8, 4) is 0 Å². The molecule has 0 unspecified atom stereocenters. The van der Waals surface area contributed by atoms with Gasteiger partial charge in [0.15, 0.2) is 0 Å². The lowest BCUT2D eigenvalue weighted by molar-refractivity contribution is 0.522. The first kappa shape index (κ1) is 7.68. The number of rotatable bonds is 2. The van der Waals surface area contributed by atoms with E-state index in [1.807, 2.05) is 7.05 Å². The summed E-state index contributed by atoms with van der Waals surface area (Å²) in [5, 5.41) is 3.14. The Kier molecular flexibility index (Phi) is 1.61. The van der Waals surface area contributed by atoms with Crippen LogP contribution >= 0.6 is 0 Å². The maximum atomic E-state index is 13.2. The largest absolute Gasteiger partial charge is 0.310 e. The predicted molar refractivity (Wildman–Crippen MR) is 44.2 cm³/mol. The van der Waals surface area contributed by atoms with Crippen molar-refractivity contribution in [2.24, 2.45) is 0 Å². The van der Waals surface area contributed by atoms with E-state index in [1.54, 1.807) is 12.3 Å². The number of nitrogens with zero attached hydrogens (tertiary/aromatic N) is 1. The van der Waals surface area contributed by atoms with Gasteiger partial charge < -0.3 is 5.32 Å². The van der Waals surface area contributed by atoms with E-state index in [1.165, 1.54) is 6.20 Å². The molecule has 0 aliphatic heterocycles. The minimum Gasteiger partial charge on any atom is -0.310 e. The topological polar surface area (TPSA) is 24.9 Å². The Hall–Kier alpha value is -0.960.